The zero-order valence-electron chi connectivity index (χ0n) is 18.5. The number of aromatic nitrogens is 2. The van der Waals surface area contributed by atoms with E-state index in [0.717, 1.165) is 5.39 Å². The summed E-state index contributed by atoms with van der Waals surface area (Å²) in [7, 11) is 0. The van der Waals surface area contributed by atoms with Gasteiger partial charge in [-0.25, -0.2) is 9.97 Å². The number of hydrogen-bond donors (Lipinski definition) is 0. The summed E-state index contributed by atoms with van der Waals surface area (Å²) in [5.74, 6) is -0.747. The molecule has 2 aromatic heterocycles. The van der Waals surface area contributed by atoms with Crippen molar-refractivity contribution < 1.29 is 23.5 Å². The normalized spacial score (nSPS) is 17.6. The quantitative estimate of drug-likeness (QED) is 0.326. The molecule has 0 unspecified atom stereocenters. The molecule has 168 valence electrons. The van der Waals surface area contributed by atoms with Crippen molar-refractivity contribution in [3.8, 4) is 0 Å². The van der Waals surface area contributed by atoms with E-state index < -0.39 is 17.0 Å². The summed E-state index contributed by atoms with van der Waals surface area (Å²) in [6, 6.07) is 7.55. The third kappa shape index (κ3) is 4.21. The third-order valence-electron chi connectivity index (χ3n) is 5.53. The van der Waals surface area contributed by atoms with Gasteiger partial charge < -0.3 is 14.1 Å². The van der Waals surface area contributed by atoms with Gasteiger partial charge in [0.15, 0.2) is 12.2 Å². The molecule has 0 aliphatic carbocycles. The molecular formula is C23H25N3O5S. The minimum absolute atomic E-state index is 0.0261. The molecule has 0 spiro atoms. The van der Waals surface area contributed by atoms with Crippen LogP contribution in [0.1, 0.15) is 40.5 Å². The average Bonchev–Trinajstić information content (AvgIpc) is 3.08. The number of ether oxygens (including phenoxy) is 1. The van der Waals surface area contributed by atoms with Gasteiger partial charge in [-0.1, -0.05) is 23.9 Å². The van der Waals surface area contributed by atoms with E-state index in [1.165, 1.54) is 18.1 Å². The number of rotatable bonds is 5. The van der Waals surface area contributed by atoms with Crippen molar-refractivity contribution in [3.63, 3.8) is 0 Å². The summed E-state index contributed by atoms with van der Waals surface area (Å²) < 4.78 is 11.1. The lowest BCUT2D eigenvalue weighted by atomic mass is 9.79. The Morgan fingerprint density at radius 2 is 1.81 bits per heavy atom. The van der Waals surface area contributed by atoms with E-state index in [1.807, 2.05) is 52.0 Å². The van der Waals surface area contributed by atoms with Gasteiger partial charge >= 0.3 is 5.97 Å². The first kappa shape index (κ1) is 22.3. The number of thioether (sulfide) groups is 1. The minimum Gasteiger partial charge on any atom is -0.455 e. The van der Waals surface area contributed by atoms with Crippen LogP contribution in [0.25, 0.3) is 22.1 Å². The maximum absolute atomic E-state index is 12.9. The van der Waals surface area contributed by atoms with Gasteiger partial charge in [-0.15, -0.1) is 0 Å². The number of fused-ring (bicyclic) bond motifs is 3. The maximum atomic E-state index is 12.9. The summed E-state index contributed by atoms with van der Waals surface area (Å²) in [6.07, 6.45) is 2.00. The number of amides is 1. The third-order valence-corrected chi connectivity index (χ3v) is 6.47. The van der Waals surface area contributed by atoms with Crippen molar-refractivity contribution in [2.75, 3.05) is 12.4 Å². The van der Waals surface area contributed by atoms with Crippen LogP contribution < -0.4 is 0 Å². The first-order valence-corrected chi connectivity index (χ1v) is 11.3. The SMILES string of the molecule is CC1(C)CC(=O)CC(C)(C)N1C(=O)COC(=O)CSc1ncnc2c1oc1ccccc12. The number of esters is 1. The highest BCUT2D eigenvalue weighted by atomic mass is 32.2. The largest absolute Gasteiger partial charge is 0.455 e. The molecule has 4 rings (SSSR count). The van der Waals surface area contributed by atoms with Crippen LogP contribution in [0.4, 0.5) is 0 Å². The van der Waals surface area contributed by atoms with E-state index in [1.54, 1.807) is 4.90 Å². The number of para-hydroxylation sites is 1. The fraction of sp³-hybridized carbons (Fsp3) is 0.435. The van der Waals surface area contributed by atoms with Gasteiger partial charge in [-0.05, 0) is 39.8 Å². The smallest absolute Gasteiger partial charge is 0.316 e. The number of carbonyl (C=O) groups excluding carboxylic acids is 3. The van der Waals surface area contributed by atoms with Gasteiger partial charge in [-0.3, -0.25) is 14.4 Å². The highest BCUT2D eigenvalue weighted by Crippen LogP contribution is 2.37. The van der Waals surface area contributed by atoms with E-state index in [-0.39, 0.29) is 36.9 Å². The first-order chi connectivity index (χ1) is 15.1. The summed E-state index contributed by atoms with van der Waals surface area (Å²) >= 11 is 1.17. The molecule has 3 heterocycles. The number of carbonyl (C=O) groups is 3. The summed E-state index contributed by atoms with van der Waals surface area (Å²) in [5.41, 5.74) is 0.633. The molecule has 8 nitrogen and oxygen atoms in total. The number of benzene rings is 1. The van der Waals surface area contributed by atoms with Crippen molar-refractivity contribution in [1.29, 1.82) is 0 Å². The summed E-state index contributed by atoms with van der Waals surface area (Å²) in [4.78, 5) is 47.5. The number of Topliss-reactive ketones (excluding diaryl/α,β-unsaturated/α-hetero) is 1. The van der Waals surface area contributed by atoms with E-state index in [4.69, 9.17) is 9.15 Å². The molecule has 1 aromatic carbocycles. The van der Waals surface area contributed by atoms with Crippen molar-refractivity contribution >= 4 is 51.5 Å². The van der Waals surface area contributed by atoms with Gasteiger partial charge in [-0.2, -0.15) is 0 Å². The molecule has 1 saturated heterocycles. The zero-order valence-corrected chi connectivity index (χ0v) is 19.3. The van der Waals surface area contributed by atoms with Crippen LogP contribution in [0, 0.1) is 0 Å². The van der Waals surface area contributed by atoms with Gasteiger partial charge in [0, 0.05) is 29.3 Å². The highest BCUT2D eigenvalue weighted by molar-refractivity contribution is 8.00. The van der Waals surface area contributed by atoms with Crippen LogP contribution in [-0.4, -0.2) is 56.0 Å². The molecule has 0 saturated carbocycles. The molecule has 0 radical (unpaired) electrons. The van der Waals surface area contributed by atoms with Gasteiger partial charge in [0.05, 0.1) is 5.75 Å². The molecule has 0 N–H and O–H groups in total. The van der Waals surface area contributed by atoms with Crippen LogP contribution in [0.2, 0.25) is 0 Å². The highest BCUT2D eigenvalue weighted by Gasteiger charge is 2.47. The molecule has 1 aliphatic heterocycles. The van der Waals surface area contributed by atoms with Crippen molar-refractivity contribution in [1.82, 2.24) is 14.9 Å². The Kier molecular flexibility index (Phi) is 5.70. The first-order valence-electron chi connectivity index (χ1n) is 10.3. The standard InChI is InChI=1S/C23H25N3O5S/c1-22(2)9-14(27)10-23(3,4)26(22)17(28)11-30-18(29)12-32-21-20-19(24-13-25-21)15-7-5-6-8-16(15)31-20/h5-8,13H,9-12H2,1-4H3. The van der Waals surface area contributed by atoms with E-state index in [9.17, 15) is 14.4 Å². The second-order valence-corrected chi connectivity index (χ2v) is 10.1. The second-order valence-electron chi connectivity index (χ2n) is 9.15. The molecule has 32 heavy (non-hydrogen) atoms. The minimum atomic E-state index is -0.634. The Hall–Kier alpha value is -2.94. The van der Waals surface area contributed by atoms with Gasteiger partial charge in [0.25, 0.3) is 5.91 Å². The van der Waals surface area contributed by atoms with E-state index >= 15 is 0 Å². The second kappa shape index (κ2) is 8.20. The number of furan rings is 1. The Bertz CT molecular complexity index is 1200. The lowest BCUT2D eigenvalue weighted by Crippen LogP contribution is -2.63. The fourth-order valence-electron chi connectivity index (χ4n) is 4.66. The maximum Gasteiger partial charge on any atom is 0.316 e. The molecule has 3 aromatic rings. The lowest BCUT2D eigenvalue weighted by Gasteiger charge is -2.51. The molecule has 1 aliphatic rings. The molecule has 0 atom stereocenters. The molecular weight excluding hydrogens is 430 g/mol. The Morgan fingerprint density at radius 1 is 1.12 bits per heavy atom. The number of ketones is 1. The van der Waals surface area contributed by atoms with Gasteiger partial charge in [0.1, 0.15) is 28.2 Å². The number of hydrogen-bond acceptors (Lipinski definition) is 8. The number of nitrogens with zero attached hydrogens (tertiary/aromatic N) is 3. The van der Waals surface area contributed by atoms with Crippen molar-refractivity contribution in [3.05, 3.63) is 30.6 Å². The van der Waals surface area contributed by atoms with Crippen LogP contribution in [0.5, 0.6) is 0 Å². The van der Waals surface area contributed by atoms with Crippen LogP contribution >= 0.6 is 11.8 Å². The predicted molar refractivity (Wildman–Crippen MR) is 120 cm³/mol. The Labute approximate surface area is 189 Å². The average molecular weight is 456 g/mol. The van der Waals surface area contributed by atoms with E-state index in [2.05, 4.69) is 9.97 Å². The monoisotopic (exact) mass is 455 g/mol. The number of likely N-dealkylation sites (tertiary alicyclic amines) is 1. The summed E-state index contributed by atoms with van der Waals surface area (Å²) in [5, 5.41) is 1.41. The van der Waals surface area contributed by atoms with Crippen LogP contribution in [0.3, 0.4) is 0 Å². The van der Waals surface area contributed by atoms with Crippen molar-refractivity contribution in [2.24, 2.45) is 0 Å². The van der Waals surface area contributed by atoms with Crippen LogP contribution in [-0.2, 0) is 19.1 Å². The zero-order chi connectivity index (χ0) is 23.1. The molecule has 1 amide bonds. The lowest BCUT2D eigenvalue weighted by molar-refractivity contribution is -0.162. The Morgan fingerprint density at radius 3 is 2.53 bits per heavy atom. The molecule has 0 bridgehead atoms. The topological polar surface area (TPSA) is 103 Å². The fourth-order valence-corrected chi connectivity index (χ4v) is 5.39. The molecule has 9 heteroatoms. The predicted octanol–water partition coefficient (Wildman–Crippen LogP) is 3.76. The number of piperidine rings is 1. The molecule has 1 fully saturated rings. The van der Waals surface area contributed by atoms with Crippen molar-refractivity contribution in [2.45, 2.75) is 56.6 Å². The van der Waals surface area contributed by atoms with Gasteiger partial charge in [0.2, 0.25) is 0 Å². The Balaban J connectivity index is 1.40. The van der Waals surface area contributed by atoms with Crippen LogP contribution in [0.15, 0.2) is 40.0 Å². The summed E-state index contributed by atoms with van der Waals surface area (Å²) in [6.45, 7) is 7.05. The van der Waals surface area contributed by atoms with E-state index in [0.29, 0.717) is 21.7 Å².